The van der Waals surface area contributed by atoms with Crippen LogP contribution in [0.2, 0.25) is 0 Å². The number of nitrogens with one attached hydrogen (secondary N) is 1. The molecular weight excluding hydrogens is 340 g/mol. The number of fused-ring (bicyclic) bond motifs is 2. The standard InChI is InChI=1S/C22H18N2O3/c1-14-5-4-6-16(11-14)24-21(15-9-10-19-20(12-15)27-13-26-19)23-18-8-3-2-7-17(18)22(24)25/h2-12,21,23H,13H2,1H3/t21-/m0/s1. The number of anilines is 2. The first-order valence-corrected chi connectivity index (χ1v) is 8.86. The van der Waals surface area contributed by atoms with Crippen molar-refractivity contribution in [3.63, 3.8) is 0 Å². The van der Waals surface area contributed by atoms with Gasteiger partial charge in [-0.05, 0) is 54.4 Å². The Labute approximate surface area is 157 Å². The molecule has 5 rings (SSSR count). The molecule has 0 spiro atoms. The van der Waals surface area contributed by atoms with Crippen LogP contribution in [-0.2, 0) is 0 Å². The molecule has 3 aromatic carbocycles. The summed E-state index contributed by atoms with van der Waals surface area (Å²) in [7, 11) is 0. The minimum absolute atomic E-state index is 0.0300. The first-order valence-electron chi connectivity index (χ1n) is 8.86. The van der Waals surface area contributed by atoms with Crippen LogP contribution in [0.25, 0.3) is 0 Å². The number of carbonyl (C=O) groups excluding carboxylic acids is 1. The van der Waals surface area contributed by atoms with Gasteiger partial charge in [0.1, 0.15) is 6.17 Å². The van der Waals surface area contributed by atoms with Crippen molar-refractivity contribution in [2.24, 2.45) is 0 Å². The van der Waals surface area contributed by atoms with Gasteiger partial charge >= 0.3 is 0 Å². The van der Waals surface area contributed by atoms with Crippen LogP contribution in [0.3, 0.4) is 0 Å². The van der Waals surface area contributed by atoms with E-state index >= 15 is 0 Å². The van der Waals surface area contributed by atoms with Crippen molar-refractivity contribution in [1.82, 2.24) is 0 Å². The fourth-order valence-electron chi connectivity index (χ4n) is 3.61. The number of hydrogen-bond acceptors (Lipinski definition) is 4. The summed E-state index contributed by atoms with van der Waals surface area (Å²) >= 11 is 0. The average molecular weight is 358 g/mol. The number of nitrogens with zero attached hydrogens (tertiary/aromatic N) is 1. The molecule has 5 nitrogen and oxygen atoms in total. The first-order chi connectivity index (χ1) is 13.2. The number of hydrogen-bond donors (Lipinski definition) is 1. The highest BCUT2D eigenvalue weighted by Gasteiger charge is 2.34. The summed E-state index contributed by atoms with van der Waals surface area (Å²) < 4.78 is 11.0. The van der Waals surface area contributed by atoms with Crippen molar-refractivity contribution in [2.45, 2.75) is 13.1 Å². The fraction of sp³-hybridized carbons (Fsp3) is 0.136. The Balaban J connectivity index is 1.66. The molecule has 0 aliphatic carbocycles. The Kier molecular flexibility index (Phi) is 3.53. The van der Waals surface area contributed by atoms with E-state index in [0.717, 1.165) is 28.3 Å². The Morgan fingerprint density at radius 3 is 2.70 bits per heavy atom. The largest absolute Gasteiger partial charge is 0.454 e. The lowest BCUT2D eigenvalue weighted by Gasteiger charge is -2.38. The summed E-state index contributed by atoms with van der Waals surface area (Å²) in [6.07, 6.45) is -0.344. The van der Waals surface area contributed by atoms with Gasteiger partial charge in [0.05, 0.1) is 5.56 Å². The Morgan fingerprint density at radius 1 is 0.963 bits per heavy atom. The van der Waals surface area contributed by atoms with Crippen LogP contribution in [0, 0.1) is 6.92 Å². The van der Waals surface area contributed by atoms with Crippen LogP contribution < -0.4 is 19.7 Å². The molecule has 2 aliphatic heterocycles. The Morgan fingerprint density at radius 2 is 1.81 bits per heavy atom. The molecule has 0 unspecified atom stereocenters. The van der Waals surface area contributed by atoms with Crippen LogP contribution in [0.5, 0.6) is 11.5 Å². The molecule has 2 aliphatic rings. The van der Waals surface area contributed by atoms with Gasteiger partial charge in [0.15, 0.2) is 11.5 Å². The van der Waals surface area contributed by atoms with E-state index in [4.69, 9.17) is 9.47 Å². The molecule has 0 saturated carbocycles. The maximum Gasteiger partial charge on any atom is 0.262 e. The zero-order chi connectivity index (χ0) is 18.4. The smallest absolute Gasteiger partial charge is 0.262 e. The lowest BCUT2D eigenvalue weighted by molar-refractivity contribution is 0.0975. The number of aryl methyl sites for hydroxylation is 1. The summed E-state index contributed by atoms with van der Waals surface area (Å²) in [5.74, 6) is 1.39. The summed E-state index contributed by atoms with van der Waals surface area (Å²) in [6, 6.07) is 21.4. The second-order valence-corrected chi connectivity index (χ2v) is 6.72. The summed E-state index contributed by atoms with van der Waals surface area (Å²) in [5, 5.41) is 3.51. The van der Waals surface area contributed by atoms with Crippen molar-refractivity contribution in [1.29, 1.82) is 0 Å². The lowest BCUT2D eigenvalue weighted by Crippen LogP contribution is -2.43. The van der Waals surface area contributed by atoms with Crippen molar-refractivity contribution in [3.8, 4) is 11.5 Å². The topological polar surface area (TPSA) is 50.8 Å². The lowest BCUT2D eigenvalue weighted by atomic mass is 10.0. The van der Waals surface area contributed by atoms with E-state index in [1.807, 2.05) is 73.7 Å². The highest BCUT2D eigenvalue weighted by molar-refractivity contribution is 6.12. The van der Waals surface area contributed by atoms with Crippen LogP contribution in [-0.4, -0.2) is 12.7 Å². The Bertz CT molecular complexity index is 1050. The molecule has 5 heteroatoms. The third-order valence-electron chi connectivity index (χ3n) is 4.92. The first kappa shape index (κ1) is 15.8. The van der Waals surface area contributed by atoms with E-state index in [2.05, 4.69) is 5.32 Å². The van der Waals surface area contributed by atoms with Gasteiger partial charge in [0.2, 0.25) is 6.79 Å². The van der Waals surface area contributed by atoms with Gasteiger partial charge < -0.3 is 14.8 Å². The van der Waals surface area contributed by atoms with Gasteiger partial charge in [-0.15, -0.1) is 0 Å². The van der Waals surface area contributed by atoms with Crippen molar-refractivity contribution in [2.75, 3.05) is 17.0 Å². The van der Waals surface area contributed by atoms with Gasteiger partial charge in [-0.3, -0.25) is 9.69 Å². The zero-order valence-corrected chi connectivity index (χ0v) is 14.8. The Hall–Kier alpha value is -3.47. The van der Waals surface area contributed by atoms with E-state index in [0.29, 0.717) is 11.3 Å². The molecule has 0 aromatic heterocycles. The van der Waals surface area contributed by atoms with Crippen molar-refractivity contribution >= 4 is 17.3 Å². The van der Waals surface area contributed by atoms with Gasteiger partial charge in [0.25, 0.3) is 5.91 Å². The maximum absolute atomic E-state index is 13.4. The predicted octanol–water partition coefficient (Wildman–Crippen LogP) is 4.49. The van der Waals surface area contributed by atoms with Gasteiger partial charge in [-0.2, -0.15) is 0 Å². The molecule has 0 fully saturated rings. The predicted molar refractivity (Wildman–Crippen MR) is 103 cm³/mol. The van der Waals surface area contributed by atoms with E-state index < -0.39 is 0 Å². The van der Waals surface area contributed by atoms with Gasteiger partial charge in [0, 0.05) is 11.4 Å². The normalized spacial score (nSPS) is 17.4. The van der Waals surface area contributed by atoms with Crippen LogP contribution in [0.1, 0.15) is 27.7 Å². The summed E-state index contributed by atoms with van der Waals surface area (Å²) in [6.45, 7) is 2.25. The summed E-state index contributed by atoms with van der Waals surface area (Å²) in [4.78, 5) is 15.2. The highest BCUT2D eigenvalue weighted by Crippen LogP contribution is 2.40. The number of carbonyl (C=O) groups is 1. The molecular formula is C22H18N2O3. The van der Waals surface area contributed by atoms with Crippen molar-refractivity contribution in [3.05, 3.63) is 83.4 Å². The van der Waals surface area contributed by atoms with Crippen LogP contribution in [0.15, 0.2) is 66.7 Å². The number of benzene rings is 3. The quantitative estimate of drug-likeness (QED) is 0.733. The third kappa shape index (κ3) is 2.59. The molecule has 3 aromatic rings. The molecule has 134 valence electrons. The van der Waals surface area contributed by atoms with E-state index in [1.165, 1.54) is 0 Å². The molecule has 1 amide bonds. The molecule has 0 bridgehead atoms. The number of amides is 1. The monoisotopic (exact) mass is 358 g/mol. The molecule has 2 heterocycles. The van der Waals surface area contributed by atoms with Gasteiger partial charge in [-0.1, -0.05) is 30.3 Å². The molecule has 1 atom stereocenters. The minimum atomic E-state index is -0.344. The maximum atomic E-state index is 13.4. The van der Waals surface area contributed by atoms with E-state index in [9.17, 15) is 4.79 Å². The molecule has 0 saturated heterocycles. The van der Waals surface area contributed by atoms with Gasteiger partial charge in [-0.25, -0.2) is 0 Å². The number of rotatable bonds is 2. The second kappa shape index (κ2) is 6.06. The summed E-state index contributed by atoms with van der Waals surface area (Å²) in [5.41, 5.74) is 4.38. The third-order valence-corrected chi connectivity index (χ3v) is 4.92. The number of para-hydroxylation sites is 1. The average Bonchev–Trinajstić information content (AvgIpc) is 3.15. The highest BCUT2D eigenvalue weighted by atomic mass is 16.7. The number of ether oxygens (including phenoxy) is 2. The molecule has 1 N–H and O–H groups in total. The fourth-order valence-corrected chi connectivity index (χ4v) is 3.61. The molecule has 27 heavy (non-hydrogen) atoms. The molecule has 0 radical (unpaired) electrons. The second-order valence-electron chi connectivity index (χ2n) is 6.72. The zero-order valence-electron chi connectivity index (χ0n) is 14.8. The SMILES string of the molecule is Cc1cccc(N2C(=O)c3ccccc3N[C@@H]2c2ccc3c(c2)OCO3)c1. The van der Waals surface area contributed by atoms with E-state index in [-0.39, 0.29) is 18.9 Å². The van der Waals surface area contributed by atoms with Crippen molar-refractivity contribution < 1.29 is 14.3 Å². The van der Waals surface area contributed by atoms with Crippen LogP contribution in [0.4, 0.5) is 11.4 Å². The van der Waals surface area contributed by atoms with E-state index in [1.54, 1.807) is 4.90 Å². The minimum Gasteiger partial charge on any atom is -0.454 e. The van der Waals surface area contributed by atoms with Crippen LogP contribution >= 0.6 is 0 Å².